The van der Waals surface area contributed by atoms with Crippen molar-refractivity contribution < 1.29 is 88.6 Å². The molecule has 1 aliphatic heterocycles. The van der Waals surface area contributed by atoms with E-state index in [2.05, 4.69) is 13.5 Å². The van der Waals surface area contributed by atoms with Crippen LogP contribution < -0.4 is 41.0 Å². The third-order valence-electron chi connectivity index (χ3n) is 7.68. The van der Waals surface area contributed by atoms with Gasteiger partial charge in [0.15, 0.2) is 23.0 Å². The monoisotopic (exact) mass is 965 g/mol. The number of hydrogen-bond acceptors (Lipinski definition) is 13. The molecule has 8 N–H and O–H groups in total. The van der Waals surface area contributed by atoms with E-state index in [0.717, 1.165) is 48.5 Å². The normalized spacial score (nSPS) is 16.5. The summed E-state index contributed by atoms with van der Waals surface area (Å²) in [6.45, 7) is -6.63. The summed E-state index contributed by atoms with van der Waals surface area (Å²) in [4.78, 5) is 0. The number of nitrogens with zero attached hydrogens (tertiary/aromatic N) is 3. The second-order valence-corrected chi connectivity index (χ2v) is 18.7. The first-order chi connectivity index (χ1) is 28.5. The van der Waals surface area contributed by atoms with Crippen molar-refractivity contribution >= 4 is 45.7 Å². The van der Waals surface area contributed by atoms with E-state index in [-0.39, 0.29) is 22.7 Å². The lowest BCUT2D eigenvalue weighted by Crippen LogP contribution is -2.54. The smallest absolute Gasteiger partial charge is 0.411 e. The van der Waals surface area contributed by atoms with Crippen LogP contribution in [0.2, 0.25) is 0 Å². The van der Waals surface area contributed by atoms with Crippen LogP contribution in [0.1, 0.15) is 0 Å². The molecular weight excluding hydrogens is 937 g/mol. The van der Waals surface area contributed by atoms with Crippen LogP contribution >= 0.6 is 23.0 Å². The van der Waals surface area contributed by atoms with Crippen molar-refractivity contribution in [3.05, 3.63) is 97.1 Å². The Hall–Kier alpha value is -5.09. The summed E-state index contributed by atoms with van der Waals surface area (Å²) in [6.07, 6.45) is -14.1. The first-order valence-corrected chi connectivity index (χ1v) is 21.1. The highest BCUT2D eigenvalue weighted by Gasteiger charge is 2.75. The maximum absolute atomic E-state index is 15.1. The van der Waals surface area contributed by atoms with Crippen LogP contribution in [0.3, 0.4) is 0 Å². The summed E-state index contributed by atoms with van der Waals surface area (Å²) in [6, 6.07) is 18.7. The molecule has 0 aromatic heterocycles. The molecule has 62 heavy (non-hydrogen) atoms. The maximum atomic E-state index is 15.1. The first-order valence-electron chi connectivity index (χ1n) is 16.5. The molecule has 4 aromatic carbocycles. The zero-order valence-electron chi connectivity index (χ0n) is 30.4. The van der Waals surface area contributed by atoms with Crippen molar-refractivity contribution in [3.63, 3.8) is 0 Å². The summed E-state index contributed by atoms with van der Waals surface area (Å²) < 4.78 is 243. The van der Waals surface area contributed by atoms with E-state index in [1.807, 2.05) is 0 Å². The highest BCUT2D eigenvalue weighted by molar-refractivity contribution is 7.78. The van der Waals surface area contributed by atoms with Crippen LogP contribution in [0.15, 0.2) is 111 Å². The number of rotatable bonds is 16. The number of benzene rings is 4. The minimum atomic E-state index is -7.07. The molecule has 0 saturated carbocycles. The molecule has 340 valence electrons. The molecule has 1 heterocycles. The van der Waals surface area contributed by atoms with Gasteiger partial charge < -0.3 is 41.0 Å². The Morgan fingerprint density at radius 1 is 0.371 bits per heavy atom. The molecule has 30 heteroatoms. The van der Waals surface area contributed by atoms with Gasteiger partial charge >= 0.3 is 59.0 Å². The van der Waals surface area contributed by atoms with E-state index in [1.54, 1.807) is 0 Å². The van der Waals surface area contributed by atoms with Crippen LogP contribution in [0.5, 0.6) is 23.0 Å². The molecule has 13 nitrogen and oxygen atoms in total. The van der Waals surface area contributed by atoms with E-state index in [0.29, 0.717) is 0 Å². The lowest BCUT2D eigenvalue weighted by atomic mass is 10.2. The van der Waals surface area contributed by atoms with E-state index >= 15 is 17.6 Å². The predicted octanol–water partition coefficient (Wildman–Crippen LogP) is 12.2. The molecule has 0 atom stereocenters. The minimum Gasteiger partial charge on any atom is -0.411 e. The molecule has 4 aromatic rings. The summed E-state index contributed by atoms with van der Waals surface area (Å²) in [5.74, 6) is -29.4. The average molecular weight is 966 g/mol. The van der Waals surface area contributed by atoms with Gasteiger partial charge in [0.2, 0.25) is 0 Å². The topological polar surface area (TPSA) is 197 Å². The van der Waals surface area contributed by atoms with Crippen molar-refractivity contribution in [1.82, 2.24) is 0 Å². The highest BCUT2D eigenvalue weighted by atomic mass is 31.3. The standard InChI is InChI=1S/C32H28F14N7O6P3/c33-27(34,29(37,38)31(41,42)43)17-54-60(55-18-28(35,36)30(39,40)32(44,45)46)51-61(56-23-13-5-1-9-19(23)47,57-24-14-6-2-10-20(24)48)53-62(52-60,58-25-15-7-3-11-21(25)49)59-26-16-8-4-12-22(26)50/h1-16H,17-18,47-50H2. The van der Waals surface area contributed by atoms with E-state index in [9.17, 15) is 43.9 Å². The van der Waals surface area contributed by atoms with Crippen molar-refractivity contribution in [2.45, 2.75) is 36.0 Å². The molecule has 5 rings (SSSR count). The van der Waals surface area contributed by atoms with Gasteiger partial charge in [-0.15, -0.1) is 9.03 Å². The lowest BCUT2D eigenvalue weighted by Gasteiger charge is -2.35. The largest absolute Gasteiger partial charge is 0.459 e. The number of para-hydroxylation sites is 8. The minimum absolute atomic E-state index is 0.381. The number of anilines is 4. The fourth-order valence-electron chi connectivity index (χ4n) is 4.50. The van der Waals surface area contributed by atoms with Gasteiger partial charge in [0.05, 0.1) is 22.7 Å². The van der Waals surface area contributed by atoms with Gasteiger partial charge in [-0.05, 0) is 48.5 Å². The molecule has 0 bridgehead atoms. The summed E-state index contributed by atoms with van der Waals surface area (Å²) in [7, 11) is -17.5. The molecule has 0 spiro atoms. The van der Waals surface area contributed by atoms with Gasteiger partial charge in [0, 0.05) is 0 Å². The van der Waals surface area contributed by atoms with Gasteiger partial charge in [-0.3, -0.25) is 9.05 Å². The molecule has 0 unspecified atom stereocenters. The van der Waals surface area contributed by atoms with Crippen molar-refractivity contribution in [2.75, 3.05) is 36.1 Å². The van der Waals surface area contributed by atoms with E-state index in [1.165, 1.54) is 48.5 Å². The molecule has 0 fully saturated rings. The Labute approximate surface area is 340 Å². The molecule has 0 saturated heterocycles. The number of nitrogen functional groups attached to an aromatic ring is 4. The van der Waals surface area contributed by atoms with Crippen LogP contribution in [0.25, 0.3) is 0 Å². The Morgan fingerprint density at radius 2 is 0.597 bits per heavy atom. The molecular formula is C32H28F14N7O6P3. The molecule has 0 radical (unpaired) electrons. The van der Waals surface area contributed by atoms with Crippen LogP contribution in [-0.4, -0.2) is 49.3 Å². The molecule has 0 amide bonds. The lowest BCUT2D eigenvalue weighted by molar-refractivity contribution is -0.359. The second kappa shape index (κ2) is 16.9. The number of nitrogens with two attached hydrogens (primary N) is 4. The van der Waals surface area contributed by atoms with E-state index < -0.39 is 95.2 Å². The third-order valence-corrected chi connectivity index (χ3v) is 15.8. The predicted molar refractivity (Wildman–Crippen MR) is 198 cm³/mol. The van der Waals surface area contributed by atoms with Gasteiger partial charge in [-0.25, -0.2) is 0 Å². The zero-order valence-corrected chi connectivity index (χ0v) is 33.1. The Balaban J connectivity index is 1.97. The Morgan fingerprint density at radius 3 is 0.839 bits per heavy atom. The molecule has 1 aliphatic rings. The van der Waals surface area contributed by atoms with Crippen LogP contribution in [0, 0.1) is 0 Å². The second-order valence-electron chi connectivity index (χ2n) is 12.4. The quantitative estimate of drug-likeness (QED) is 0.0476. The highest BCUT2D eigenvalue weighted by Crippen LogP contribution is 2.80. The third kappa shape index (κ3) is 9.91. The summed E-state index contributed by atoms with van der Waals surface area (Å²) >= 11 is 0. The van der Waals surface area contributed by atoms with Crippen LogP contribution in [-0.2, 0) is 9.05 Å². The average Bonchev–Trinajstić information content (AvgIpc) is 3.16. The zero-order chi connectivity index (χ0) is 46.2. The van der Waals surface area contributed by atoms with Gasteiger partial charge in [0.25, 0.3) is 0 Å². The maximum Gasteiger partial charge on any atom is 0.459 e. The van der Waals surface area contributed by atoms with Gasteiger partial charge in [-0.2, -0.15) is 61.5 Å². The summed E-state index contributed by atoms with van der Waals surface area (Å²) in [5.41, 5.74) is 22.6. The number of hydrogen-bond donors (Lipinski definition) is 4. The van der Waals surface area contributed by atoms with E-state index in [4.69, 9.17) is 50.1 Å². The molecule has 0 aliphatic carbocycles. The first kappa shape index (κ1) is 48.0. The van der Waals surface area contributed by atoms with Crippen molar-refractivity contribution in [3.8, 4) is 23.0 Å². The Bertz CT molecular complexity index is 2210. The fourth-order valence-corrected chi connectivity index (χ4v) is 13.8. The Kier molecular flexibility index (Phi) is 13.1. The van der Waals surface area contributed by atoms with Gasteiger partial charge in [0.1, 0.15) is 13.2 Å². The van der Waals surface area contributed by atoms with Crippen molar-refractivity contribution in [1.29, 1.82) is 0 Å². The number of alkyl halides is 14. The summed E-state index contributed by atoms with van der Waals surface area (Å²) in [5, 5.41) is 0. The SMILES string of the molecule is Nc1ccccc1OP1(Oc2ccccc2N)=NP(OCC(F)(F)C(F)(F)C(F)(F)F)(OCC(F)(F)C(F)(F)C(F)(F)F)=NP(Oc2ccccc2N)(Oc2ccccc2N)=N1. The van der Waals surface area contributed by atoms with Crippen molar-refractivity contribution in [2.24, 2.45) is 13.5 Å². The van der Waals surface area contributed by atoms with Gasteiger partial charge in [-0.1, -0.05) is 53.0 Å². The fraction of sp³-hybridized carbons (Fsp3) is 0.250. The number of halogens is 14. The van der Waals surface area contributed by atoms with Crippen LogP contribution in [0.4, 0.5) is 84.2 Å².